The summed E-state index contributed by atoms with van der Waals surface area (Å²) in [4.78, 5) is 9.96. The van der Waals surface area contributed by atoms with Gasteiger partial charge in [-0.1, -0.05) is 0 Å². The molecule has 0 saturated carbocycles. The fourth-order valence-corrected chi connectivity index (χ4v) is 3.77. The number of thiophene rings is 1. The van der Waals surface area contributed by atoms with Crippen LogP contribution >= 0.6 is 38.9 Å². The van der Waals surface area contributed by atoms with Gasteiger partial charge in [-0.2, -0.15) is 0 Å². The molecule has 0 atom stereocenters. The van der Waals surface area contributed by atoms with Crippen molar-refractivity contribution in [2.45, 2.75) is 18.8 Å². The second-order valence-corrected chi connectivity index (χ2v) is 6.95. The molecule has 3 heterocycles. The Kier molecular flexibility index (Phi) is 3.86. The molecule has 3 rings (SSSR count). The molecule has 98 valence electrons. The van der Waals surface area contributed by atoms with E-state index in [0.717, 1.165) is 29.8 Å². The van der Waals surface area contributed by atoms with E-state index >= 15 is 0 Å². The maximum atomic E-state index is 5.98. The molecule has 0 amide bonds. The number of hydrogen-bond donors (Lipinski definition) is 0. The molecule has 0 aliphatic heterocycles. The fourth-order valence-electron chi connectivity index (χ4n) is 2.09. The molecule has 0 saturated heterocycles. The zero-order chi connectivity index (χ0) is 13.2. The monoisotopic (exact) mass is 355 g/mol. The third kappa shape index (κ3) is 2.68. The predicted molar refractivity (Wildman–Crippen MR) is 82.8 cm³/mol. The van der Waals surface area contributed by atoms with Crippen molar-refractivity contribution in [1.82, 2.24) is 14.5 Å². The first kappa shape index (κ1) is 13.1. The van der Waals surface area contributed by atoms with Crippen molar-refractivity contribution in [2.24, 2.45) is 0 Å². The summed E-state index contributed by atoms with van der Waals surface area (Å²) < 4.78 is 3.34. The summed E-state index contributed by atoms with van der Waals surface area (Å²) in [6, 6.07) is 6.22. The molecule has 0 aliphatic carbocycles. The van der Waals surface area contributed by atoms with E-state index in [-0.39, 0.29) is 0 Å². The summed E-state index contributed by atoms with van der Waals surface area (Å²) in [6.45, 7) is 0.884. The van der Waals surface area contributed by atoms with Crippen LogP contribution in [0.3, 0.4) is 0 Å². The standard InChI is InChI=1S/C13H11BrClN3S/c14-12-2-1-9(19-12)4-6-18-11-3-5-16-8-10(11)17-13(18)7-15/h1-3,5,8H,4,6-7H2. The van der Waals surface area contributed by atoms with Crippen LogP contribution in [-0.4, -0.2) is 14.5 Å². The van der Waals surface area contributed by atoms with Crippen molar-refractivity contribution >= 4 is 49.9 Å². The van der Waals surface area contributed by atoms with Crippen molar-refractivity contribution in [3.8, 4) is 0 Å². The lowest BCUT2D eigenvalue weighted by atomic mass is 10.3. The van der Waals surface area contributed by atoms with Crippen LogP contribution < -0.4 is 0 Å². The molecule has 0 bridgehead atoms. The predicted octanol–water partition coefficient (Wildman–Crippen LogP) is 4.24. The van der Waals surface area contributed by atoms with Gasteiger partial charge in [0, 0.05) is 17.6 Å². The first-order valence-electron chi connectivity index (χ1n) is 5.87. The molecule has 19 heavy (non-hydrogen) atoms. The molecule has 6 heteroatoms. The second-order valence-electron chi connectivity index (χ2n) is 4.13. The van der Waals surface area contributed by atoms with Gasteiger partial charge in [0.2, 0.25) is 0 Å². The molecule has 0 spiro atoms. The highest BCUT2D eigenvalue weighted by atomic mass is 79.9. The lowest BCUT2D eigenvalue weighted by Gasteiger charge is -2.06. The van der Waals surface area contributed by atoms with Gasteiger partial charge in [-0.25, -0.2) is 4.98 Å². The van der Waals surface area contributed by atoms with E-state index in [1.54, 1.807) is 23.7 Å². The fraction of sp³-hybridized carbons (Fsp3) is 0.231. The average Bonchev–Trinajstić information content (AvgIpc) is 2.99. The van der Waals surface area contributed by atoms with E-state index in [2.05, 4.69) is 42.6 Å². The van der Waals surface area contributed by atoms with E-state index in [4.69, 9.17) is 11.6 Å². The van der Waals surface area contributed by atoms with Crippen molar-refractivity contribution in [3.63, 3.8) is 0 Å². The number of hydrogen-bond acceptors (Lipinski definition) is 3. The molecule has 3 nitrogen and oxygen atoms in total. The van der Waals surface area contributed by atoms with Crippen LogP contribution in [-0.2, 0) is 18.8 Å². The van der Waals surface area contributed by atoms with Gasteiger partial charge < -0.3 is 4.57 Å². The van der Waals surface area contributed by atoms with Gasteiger partial charge in [0.1, 0.15) is 11.3 Å². The zero-order valence-corrected chi connectivity index (χ0v) is 13.2. The van der Waals surface area contributed by atoms with Crippen LogP contribution in [0.25, 0.3) is 11.0 Å². The Morgan fingerprint density at radius 3 is 2.95 bits per heavy atom. The lowest BCUT2D eigenvalue weighted by molar-refractivity contribution is 0.693. The van der Waals surface area contributed by atoms with E-state index in [1.165, 1.54) is 8.66 Å². The molecular formula is C13H11BrClN3S. The minimum Gasteiger partial charge on any atom is -0.327 e. The van der Waals surface area contributed by atoms with Gasteiger partial charge in [0.05, 0.1) is 21.4 Å². The van der Waals surface area contributed by atoms with Crippen molar-refractivity contribution < 1.29 is 0 Å². The second kappa shape index (κ2) is 5.61. The average molecular weight is 357 g/mol. The van der Waals surface area contributed by atoms with Crippen LogP contribution in [0.1, 0.15) is 10.7 Å². The maximum Gasteiger partial charge on any atom is 0.124 e. The van der Waals surface area contributed by atoms with Gasteiger partial charge in [-0.05, 0) is 40.5 Å². The van der Waals surface area contributed by atoms with E-state index in [0.29, 0.717) is 5.88 Å². The number of aromatic nitrogens is 3. The highest BCUT2D eigenvalue weighted by Crippen LogP contribution is 2.24. The first-order valence-corrected chi connectivity index (χ1v) is 8.01. The van der Waals surface area contributed by atoms with Crippen LogP contribution in [0.5, 0.6) is 0 Å². The maximum absolute atomic E-state index is 5.98. The van der Waals surface area contributed by atoms with Crippen LogP contribution in [0.4, 0.5) is 0 Å². The van der Waals surface area contributed by atoms with Crippen LogP contribution in [0, 0.1) is 0 Å². The quantitative estimate of drug-likeness (QED) is 0.655. The van der Waals surface area contributed by atoms with Gasteiger partial charge in [-0.15, -0.1) is 22.9 Å². The van der Waals surface area contributed by atoms with E-state index in [1.807, 2.05) is 6.07 Å². The molecule has 3 aromatic heterocycles. The summed E-state index contributed by atoms with van der Waals surface area (Å²) in [5, 5.41) is 0. The van der Waals surface area contributed by atoms with Gasteiger partial charge in [0.25, 0.3) is 0 Å². The number of fused-ring (bicyclic) bond motifs is 1. The largest absolute Gasteiger partial charge is 0.327 e. The van der Waals surface area contributed by atoms with Gasteiger partial charge >= 0.3 is 0 Å². The third-order valence-electron chi connectivity index (χ3n) is 2.96. The molecule has 0 fully saturated rings. The molecule has 0 radical (unpaired) electrons. The SMILES string of the molecule is ClCc1nc2cnccc2n1CCc1ccc(Br)s1. The zero-order valence-electron chi connectivity index (χ0n) is 10.0. The summed E-state index contributed by atoms with van der Waals surface area (Å²) in [7, 11) is 0. The number of halogens is 2. The smallest absolute Gasteiger partial charge is 0.124 e. The Bertz CT molecular complexity index is 707. The molecule has 0 N–H and O–H groups in total. The van der Waals surface area contributed by atoms with Crippen molar-refractivity contribution in [3.05, 3.63) is 45.1 Å². The highest BCUT2D eigenvalue weighted by molar-refractivity contribution is 9.11. The van der Waals surface area contributed by atoms with Crippen LogP contribution in [0.2, 0.25) is 0 Å². The summed E-state index contributed by atoms with van der Waals surface area (Å²) in [5.74, 6) is 1.32. The van der Waals surface area contributed by atoms with Gasteiger partial charge in [0.15, 0.2) is 0 Å². The van der Waals surface area contributed by atoms with E-state index < -0.39 is 0 Å². The summed E-state index contributed by atoms with van der Waals surface area (Å²) in [5.41, 5.74) is 2.01. The topological polar surface area (TPSA) is 30.7 Å². The number of aryl methyl sites for hydroxylation is 2. The minimum absolute atomic E-state index is 0.419. The molecule has 0 aliphatic rings. The Morgan fingerprint density at radius 1 is 1.32 bits per heavy atom. The summed E-state index contributed by atoms with van der Waals surface area (Å²) in [6.07, 6.45) is 4.55. The Balaban J connectivity index is 1.90. The normalized spacial score (nSPS) is 11.3. The molecule has 0 aromatic carbocycles. The minimum atomic E-state index is 0.419. The van der Waals surface area contributed by atoms with Gasteiger partial charge in [-0.3, -0.25) is 4.98 Å². The highest BCUT2D eigenvalue weighted by Gasteiger charge is 2.10. The third-order valence-corrected chi connectivity index (χ3v) is 4.88. The number of imidazole rings is 1. The molecule has 3 aromatic rings. The first-order chi connectivity index (χ1) is 9.28. The van der Waals surface area contributed by atoms with Crippen molar-refractivity contribution in [1.29, 1.82) is 0 Å². The van der Waals surface area contributed by atoms with Crippen molar-refractivity contribution in [2.75, 3.05) is 0 Å². The van der Waals surface area contributed by atoms with E-state index in [9.17, 15) is 0 Å². The Morgan fingerprint density at radius 2 is 2.21 bits per heavy atom. The number of nitrogens with zero attached hydrogens (tertiary/aromatic N) is 3. The molecular weight excluding hydrogens is 346 g/mol. The van der Waals surface area contributed by atoms with Crippen LogP contribution in [0.15, 0.2) is 34.4 Å². The Hall–Kier alpha value is -0.910. The Labute approximate surface area is 128 Å². The summed E-state index contributed by atoms with van der Waals surface area (Å²) >= 11 is 11.2. The number of pyridine rings is 1. The lowest BCUT2D eigenvalue weighted by Crippen LogP contribution is -2.04. The molecule has 0 unspecified atom stereocenters. The number of alkyl halides is 1. The number of rotatable bonds is 4.